The van der Waals surface area contributed by atoms with Crippen molar-refractivity contribution in [2.75, 3.05) is 44.4 Å². The predicted octanol–water partition coefficient (Wildman–Crippen LogP) is 5.41. The van der Waals surface area contributed by atoms with E-state index in [1.54, 1.807) is 48.8 Å². The van der Waals surface area contributed by atoms with Gasteiger partial charge < -0.3 is 30.8 Å². The maximum absolute atomic E-state index is 14.7. The lowest BCUT2D eigenvalue weighted by atomic mass is 9.91. The van der Waals surface area contributed by atoms with Gasteiger partial charge in [0.05, 0.1) is 48.2 Å². The van der Waals surface area contributed by atoms with Crippen LogP contribution in [0.3, 0.4) is 0 Å². The van der Waals surface area contributed by atoms with Crippen molar-refractivity contribution in [1.29, 1.82) is 0 Å². The van der Waals surface area contributed by atoms with E-state index < -0.39 is 15.8 Å². The third-order valence-corrected chi connectivity index (χ3v) is 10.4. The fourth-order valence-electron chi connectivity index (χ4n) is 6.18. The number of hydrogen-bond acceptors (Lipinski definition) is 8. The molecule has 0 fully saturated rings. The number of ether oxygens (including phenoxy) is 2. The van der Waals surface area contributed by atoms with Gasteiger partial charge in [-0.1, -0.05) is 31.0 Å². The number of anilines is 3. The molecule has 4 heterocycles. The van der Waals surface area contributed by atoms with Crippen LogP contribution in [-0.2, 0) is 10.0 Å². The number of nitrogens with zero attached hydrogens (tertiary/aromatic N) is 2. The molecule has 0 saturated carbocycles. The number of hydrogen-bond donors (Lipinski definition) is 4. The molecule has 2 aromatic heterocycles. The van der Waals surface area contributed by atoms with E-state index in [9.17, 15) is 17.6 Å². The third-order valence-electron chi connectivity index (χ3n) is 8.46. The Kier molecular flexibility index (Phi) is 9.13. The number of halogens is 1. The number of carbonyl (C=O) groups is 1. The van der Waals surface area contributed by atoms with E-state index in [1.807, 2.05) is 0 Å². The van der Waals surface area contributed by atoms with Gasteiger partial charge in [0.15, 0.2) is 11.6 Å². The summed E-state index contributed by atoms with van der Waals surface area (Å²) < 4.78 is 55.1. The van der Waals surface area contributed by atoms with Crippen molar-refractivity contribution < 1.29 is 27.1 Å². The monoisotopic (exact) mass is 648 g/mol. The van der Waals surface area contributed by atoms with Crippen LogP contribution < -0.4 is 25.8 Å². The zero-order chi connectivity index (χ0) is 32.3. The van der Waals surface area contributed by atoms with E-state index >= 15 is 0 Å². The molecule has 6 rings (SSSR count). The predicted molar refractivity (Wildman–Crippen MR) is 174 cm³/mol. The van der Waals surface area contributed by atoms with Gasteiger partial charge in [0.2, 0.25) is 10.0 Å². The second-order valence-electron chi connectivity index (χ2n) is 11.4. The smallest absolute Gasteiger partial charge is 0.255 e. The number of rotatable bonds is 5. The fourth-order valence-corrected chi connectivity index (χ4v) is 7.81. The number of carbonyl (C=O) groups excluding carboxylic acids is 1. The highest BCUT2D eigenvalue weighted by Crippen LogP contribution is 2.44. The Morgan fingerprint density at radius 2 is 1.91 bits per heavy atom. The van der Waals surface area contributed by atoms with Crippen LogP contribution >= 0.6 is 0 Å². The van der Waals surface area contributed by atoms with Crippen molar-refractivity contribution in [3.05, 3.63) is 78.0 Å². The summed E-state index contributed by atoms with van der Waals surface area (Å²) in [6.07, 6.45) is 6.66. The number of pyridine rings is 1. The molecule has 5 N–H and O–H groups in total. The number of para-hydroxylation sites is 2. The number of methoxy groups -OCH3 is 1. The number of sulfonamides is 1. The van der Waals surface area contributed by atoms with E-state index in [0.717, 1.165) is 25.0 Å². The van der Waals surface area contributed by atoms with Crippen LogP contribution in [0.2, 0.25) is 0 Å². The highest BCUT2D eigenvalue weighted by Gasteiger charge is 2.34. The number of benzene rings is 2. The van der Waals surface area contributed by atoms with Crippen molar-refractivity contribution in [3.8, 4) is 22.8 Å². The molecule has 1 atom stereocenters. The summed E-state index contributed by atoms with van der Waals surface area (Å²) in [7, 11) is -2.43. The Balaban J connectivity index is 1.38. The number of fused-ring (bicyclic) bond motifs is 3. The fraction of sp³-hybridized carbons (Fsp3) is 0.333. The van der Waals surface area contributed by atoms with Crippen molar-refractivity contribution in [2.45, 2.75) is 42.9 Å². The summed E-state index contributed by atoms with van der Waals surface area (Å²) in [6, 6.07) is 12.9. The number of nitrogens with one attached hydrogen (secondary N) is 3. The number of amides is 1. The van der Waals surface area contributed by atoms with Gasteiger partial charge >= 0.3 is 0 Å². The van der Waals surface area contributed by atoms with E-state index in [-0.39, 0.29) is 41.3 Å². The largest absolute Gasteiger partial charge is 0.492 e. The molecule has 2 aromatic carbocycles. The molecule has 0 spiro atoms. The van der Waals surface area contributed by atoms with Crippen molar-refractivity contribution in [1.82, 2.24) is 19.6 Å². The number of nitrogens with two attached hydrogens (primary N) is 1. The van der Waals surface area contributed by atoms with E-state index in [0.29, 0.717) is 59.9 Å². The Morgan fingerprint density at radius 3 is 2.74 bits per heavy atom. The van der Waals surface area contributed by atoms with Gasteiger partial charge in [-0.15, -0.1) is 0 Å². The molecule has 2 aliphatic heterocycles. The van der Waals surface area contributed by atoms with Crippen molar-refractivity contribution in [3.63, 3.8) is 0 Å². The van der Waals surface area contributed by atoms with Crippen LogP contribution in [0.15, 0.2) is 65.8 Å². The lowest BCUT2D eigenvalue weighted by molar-refractivity contribution is 0.0939. The molecular formula is C33H37FN6O5S. The summed E-state index contributed by atoms with van der Waals surface area (Å²) in [6.45, 7) is 1.24. The molecule has 0 saturated heterocycles. The first-order chi connectivity index (χ1) is 22.3. The first-order valence-corrected chi connectivity index (χ1v) is 16.8. The first kappa shape index (κ1) is 31.4. The summed E-state index contributed by atoms with van der Waals surface area (Å²) >= 11 is 0. The normalized spacial score (nSPS) is 17.8. The summed E-state index contributed by atoms with van der Waals surface area (Å²) in [5.41, 5.74) is 9.57. The van der Waals surface area contributed by atoms with Gasteiger partial charge in [0.25, 0.3) is 5.91 Å². The van der Waals surface area contributed by atoms with Gasteiger partial charge in [-0.25, -0.2) is 12.8 Å². The summed E-state index contributed by atoms with van der Waals surface area (Å²) in [5, 5.41) is 6.31. The second kappa shape index (κ2) is 13.4. The van der Waals surface area contributed by atoms with Gasteiger partial charge in [-0.2, -0.15) is 4.31 Å². The van der Waals surface area contributed by atoms with Crippen LogP contribution in [0, 0.1) is 5.82 Å². The van der Waals surface area contributed by atoms with Crippen LogP contribution in [0.1, 0.15) is 54.1 Å². The molecule has 4 aromatic rings. The van der Waals surface area contributed by atoms with E-state index in [4.69, 9.17) is 15.2 Å². The van der Waals surface area contributed by atoms with Gasteiger partial charge in [-0.05, 0) is 49.6 Å². The van der Waals surface area contributed by atoms with Crippen LogP contribution in [-0.4, -0.2) is 61.9 Å². The molecule has 0 aliphatic carbocycles. The molecule has 13 heteroatoms. The average molecular weight is 649 g/mol. The summed E-state index contributed by atoms with van der Waals surface area (Å²) in [4.78, 5) is 21.3. The minimum absolute atomic E-state index is 0.0255. The number of H-pyrrole nitrogens is 1. The number of nitrogen functional groups attached to an aromatic ring is 1. The summed E-state index contributed by atoms with van der Waals surface area (Å²) in [5.74, 6) is -0.342. The van der Waals surface area contributed by atoms with Crippen LogP contribution in [0.4, 0.5) is 21.5 Å². The third kappa shape index (κ3) is 6.12. The second-order valence-corrected chi connectivity index (χ2v) is 13.3. The van der Waals surface area contributed by atoms with E-state index in [2.05, 4.69) is 20.6 Å². The first-order valence-electron chi connectivity index (χ1n) is 15.3. The highest BCUT2D eigenvalue weighted by atomic mass is 32.2. The van der Waals surface area contributed by atoms with E-state index in [1.165, 1.54) is 23.5 Å². The molecule has 46 heavy (non-hydrogen) atoms. The van der Waals surface area contributed by atoms with Crippen LogP contribution in [0.5, 0.6) is 11.5 Å². The minimum Gasteiger partial charge on any atom is -0.492 e. The maximum atomic E-state index is 14.7. The lowest BCUT2D eigenvalue weighted by Crippen LogP contribution is -2.35. The van der Waals surface area contributed by atoms with Gasteiger partial charge in [0.1, 0.15) is 10.6 Å². The molecule has 242 valence electrons. The van der Waals surface area contributed by atoms with Crippen LogP contribution in [0.25, 0.3) is 11.3 Å². The van der Waals surface area contributed by atoms with Crippen molar-refractivity contribution in [2.24, 2.45) is 0 Å². The quantitative estimate of drug-likeness (QED) is 0.210. The Labute approximate surface area is 267 Å². The molecule has 11 nitrogen and oxygen atoms in total. The molecule has 1 amide bonds. The topological polar surface area (TPSA) is 152 Å². The zero-order valence-electron chi connectivity index (χ0n) is 25.5. The molecule has 2 bridgehead atoms. The highest BCUT2D eigenvalue weighted by molar-refractivity contribution is 7.89. The molecule has 1 unspecified atom stereocenters. The molecule has 2 aliphatic rings. The standard InChI is InChI=1S/C33H37FN6O5S/c1-44-32-23(34)10-7-12-25(32)38-31-28-29-21(19-37-33(28)41)9-3-2-6-16-40(46(42,43)27-13-5-4-11-24(27)35)17-8-18-45-26-20-36-15-14-22(26)30(31)39-29/h4-5,7,10-15,20-21,38-39H,2-3,6,8-9,16-19,35H2,1H3,(H,37,41). The van der Waals surface area contributed by atoms with Gasteiger partial charge in [0, 0.05) is 43.0 Å². The Hall–Kier alpha value is -4.62. The molecular weight excluding hydrogens is 611 g/mol. The average Bonchev–Trinajstić information content (AvgIpc) is 3.42. The minimum atomic E-state index is -3.82. The maximum Gasteiger partial charge on any atom is 0.255 e. The molecule has 0 radical (unpaired) electrons. The Bertz CT molecular complexity index is 1850. The van der Waals surface area contributed by atoms with Gasteiger partial charge in [-0.3, -0.25) is 9.78 Å². The zero-order valence-corrected chi connectivity index (χ0v) is 26.3. The number of aromatic amines is 1. The van der Waals surface area contributed by atoms with Crippen molar-refractivity contribution >= 4 is 33.0 Å². The lowest BCUT2D eigenvalue weighted by Gasteiger charge is -2.25. The SMILES string of the molecule is COc1c(F)cccc1Nc1c2[nH]c3c1C(=O)NCC3CCCCCN(S(=O)(=O)c1ccccc1N)CCCOc1cnccc1-2. The number of aromatic nitrogens is 2. The Morgan fingerprint density at radius 1 is 1.09 bits per heavy atom.